The third-order valence-electron chi connectivity index (χ3n) is 4.85. The first-order chi connectivity index (χ1) is 15.5. The van der Waals surface area contributed by atoms with Gasteiger partial charge in [-0.05, 0) is 54.1 Å². The number of hydrogen-bond donors (Lipinski definition) is 0. The van der Waals surface area contributed by atoms with E-state index in [2.05, 4.69) is 5.10 Å². The normalized spacial score (nSPS) is 12.3. The van der Waals surface area contributed by atoms with Gasteiger partial charge in [-0.1, -0.05) is 42.3 Å². The third-order valence-corrected chi connectivity index (χ3v) is 8.30. The maximum absolute atomic E-state index is 13.5. The van der Waals surface area contributed by atoms with Crippen molar-refractivity contribution >= 4 is 44.4 Å². The van der Waals surface area contributed by atoms with Gasteiger partial charge in [-0.25, -0.2) is 13.1 Å². The molecule has 0 amide bonds. The molecule has 2 aromatic heterocycles. The summed E-state index contributed by atoms with van der Waals surface area (Å²) in [6.07, 6.45) is -4.66. The number of benzene rings is 2. The average molecular weight is 531 g/mol. The molecule has 4 aromatic rings. The Bertz CT molecular complexity index is 1440. The highest BCUT2D eigenvalue weighted by molar-refractivity contribution is 7.91. The summed E-state index contributed by atoms with van der Waals surface area (Å²) >= 11 is 13.5. The number of hydrogen-bond acceptors (Lipinski definition) is 4. The summed E-state index contributed by atoms with van der Waals surface area (Å²) in [4.78, 5) is 1.37. The number of alkyl halides is 3. The Morgan fingerprint density at radius 3 is 2.42 bits per heavy atom. The van der Waals surface area contributed by atoms with Crippen molar-refractivity contribution in [3.8, 4) is 26.7 Å². The smallest absolute Gasteiger partial charge is 0.230 e. The number of thiophene rings is 1. The lowest BCUT2D eigenvalue weighted by atomic mass is 10.2. The number of sulfone groups is 1. The summed E-state index contributed by atoms with van der Waals surface area (Å²) in [5.41, 5.74) is -0.0380. The van der Waals surface area contributed by atoms with Crippen molar-refractivity contribution in [1.29, 1.82) is 0 Å². The molecule has 0 N–H and O–H groups in total. The fourth-order valence-electron chi connectivity index (χ4n) is 3.17. The molecule has 33 heavy (non-hydrogen) atoms. The fourth-order valence-corrected chi connectivity index (χ4v) is 5.46. The summed E-state index contributed by atoms with van der Waals surface area (Å²) in [5.74, 6) is -0.0358. The van der Waals surface area contributed by atoms with Crippen LogP contribution in [0.15, 0.2) is 65.6 Å². The molecule has 2 heterocycles. The maximum atomic E-state index is 13.5. The van der Waals surface area contributed by atoms with Crippen LogP contribution in [0.4, 0.5) is 13.2 Å². The van der Waals surface area contributed by atoms with E-state index in [0.717, 1.165) is 10.7 Å². The molecular weight excluding hydrogens is 516 g/mol. The molecule has 0 fully saturated rings. The molecule has 0 spiro atoms. The van der Waals surface area contributed by atoms with E-state index in [4.69, 9.17) is 23.2 Å². The lowest BCUT2D eigenvalue weighted by molar-refractivity contribution is -0.141. The van der Waals surface area contributed by atoms with Gasteiger partial charge in [0.2, 0.25) is 0 Å². The Morgan fingerprint density at radius 2 is 1.73 bits per heavy atom. The largest absolute Gasteiger partial charge is 0.435 e. The van der Waals surface area contributed by atoms with E-state index in [9.17, 15) is 21.6 Å². The van der Waals surface area contributed by atoms with E-state index in [1.54, 1.807) is 37.3 Å². The van der Waals surface area contributed by atoms with Gasteiger partial charge in [-0.3, -0.25) is 0 Å². The highest BCUT2D eigenvalue weighted by Crippen LogP contribution is 2.40. The van der Waals surface area contributed by atoms with Gasteiger partial charge in [0.1, 0.15) is 0 Å². The first kappa shape index (κ1) is 23.8. The van der Waals surface area contributed by atoms with Crippen molar-refractivity contribution in [2.24, 2.45) is 0 Å². The second-order valence-electron chi connectivity index (χ2n) is 7.02. The molecule has 172 valence electrons. The predicted molar refractivity (Wildman–Crippen MR) is 125 cm³/mol. The minimum absolute atomic E-state index is 0.0358. The van der Waals surface area contributed by atoms with Gasteiger partial charge in [0.05, 0.1) is 31.9 Å². The minimum atomic E-state index is -4.66. The van der Waals surface area contributed by atoms with Crippen LogP contribution in [0.2, 0.25) is 10.0 Å². The Hall–Kier alpha value is -2.33. The van der Waals surface area contributed by atoms with Crippen molar-refractivity contribution in [2.45, 2.75) is 18.0 Å². The molecule has 0 aliphatic heterocycles. The van der Waals surface area contributed by atoms with Crippen molar-refractivity contribution in [3.63, 3.8) is 0 Å². The van der Waals surface area contributed by atoms with Crippen LogP contribution in [0.1, 0.15) is 12.6 Å². The van der Waals surface area contributed by atoms with Crippen LogP contribution in [0.3, 0.4) is 0 Å². The third kappa shape index (κ3) is 4.82. The van der Waals surface area contributed by atoms with Crippen LogP contribution in [0, 0.1) is 0 Å². The topological polar surface area (TPSA) is 52.0 Å². The van der Waals surface area contributed by atoms with Gasteiger partial charge in [0, 0.05) is 9.90 Å². The molecule has 2 aromatic carbocycles. The van der Waals surface area contributed by atoms with Gasteiger partial charge >= 0.3 is 6.18 Å². The number of rotatable bonds is 5. The molecule has 0 saturated carbocycles. The monoisotopic (exact) mass is 530 g/mol. The van der Waals surface area contributed by atoms with E-state index in [1.165, 1.54) is 35.6 Å². The van der Waals surface area contributed by atoms with Crippen LogP contribution in [0.5, 0.6) is 0 Å². The van der Waals surface area contributed by atoms with Crippen LogP contribution < -0.4 is 0 Å². The second-order valence-corrected chi connectivity index (χ2v) is 11.2. The molecule has 0 unspecified atom stereocenters. The summed E-state index contributed by atoms with van der Waals surface area (Å²) in [7, 11) is -3.40. The van der Waals surface area contributed by atoms with Crippen LogP contribution in [-0.4, -0.2) is 24.0 Å². The molecule has 0 bridgehead atoms. The highest BCUT2D eigenvalue weighted by atomic mass is 35.5. The molecule has 0 radical (unpaired) electrons. The standard InChI is InChI=1S/C22H15Cl2F3N2O2S2/c1-2-33(30,31)15-5-3-4-13(10-15)19-8-9-20(32-19)18-12-21(22(25,26)27)28-29(18)17-11-14(23)6-7-16(17)24/h3-12H,2H2,1H3. The van der Waals surface area contributed by atoms with Gasteiger partial charge in [0.15, 0.2) is 15.5 Å². The van der Waals surface area contributed by atoms with Crippen molar-refractivity contribution in [3.05, 3.63) is 76.4 Å². The zero-order valence-corrected chi connectivity index (χ0v) is 20.0. The van der Waals surface area contributed by atoms with Crippen LogP contribution >= 0.6 is 34.5 Å². The molecule has 4 nitrogen and oxygen atoms in total. The second kappa shape index (κ2) is 8.79. The zero-order chi connectivity index (χ0) is 24.0. The zero-order valence-electron chi connectivity index (χ0n) is 16.9. The van der Waals surface area contributed by atoms with E-state index in [0.29, 0.717) is 20.3 Å². The van der Waals surface area contributed by atoms with Gasteiger partial charge in [0.25, 0.3) is 0 Å². The Morgan fingerprint density at radius 1 is 1.00 bits per heavy atom. The maximum Gasteiger partial charge on any atom is 0.435 e. The number of aromatic nitrogens is 2. The Labute approximate surface area is 202 Å². The molecule has 0 aliphatic rings. The van der Waals surface area contributed by atoms with Crippen molar-refractivity contribution in [1.82, 2.24) is 9.78 Å². The SMILES string of the molecule is CCS(=O)(=O)c1cccc(-c2ccc(-c3cc(C(F)(F)F)nn3-c3cc(Cl)ccc3Cl)s2)c1. The fraction of sp³-hybridized carbons (Fsp3) is 0.136. The molecule has 0 atom stereocenters. The highest BCUT2D eigenvalue weighted by Gasteiger charge is 2.35. The summed E-state index contributed by atoms with van der Waals surface area (Å²) in [6.45, 7) is 1.56. The number of nitrogens with zero attached hydrogens (tertiary/aromatic N) is 2. The predicted octanol–water partition coefficient (Wildman–Crippen LogP) is 7.39. The minimum Gasteiger partial charge on any atom is -0.230 e. The quantitative estimate of drug-likeness (QED) is 0.270. The van der Waals surface area contributed by atoms with Crippen molar-refractivity contribution in [2.75, 3.05) is 5.75 Å². The molecule has 0 saturated heterocycles. The Balaban J connectivity index is 1.84. The first-order valence-electron chi connectivity index (χ1n) is 9.55. The summed E-state index contributed by atoms with van der Waals surface area (Å²) < 4.78 is 66.0. The lowest BCUT2D eigenvalue weighted by Crippen LogP contribution is -2.07. The average Bonchev–Trinajstić information content (AvgIpc) is 3.42. The van der Waals surface area contributed by atoms with Crippen LogP contribution in [-0.2, 0) is 16.0 Å². The summed E-state index contributed by atoms with van der Waals surface area (Å²) in [6, 6.07) is 15.2. The van der Waals surface area contributed by atoms with E-state index in [1.807, 2.05) is 0 Å². The number of halogens is 5. The molecular formula is C22H15Cl2F3N2O2S2. The van der Waals surface area contributed by atoms with Crippen molar-refractivity contribution < 1.29 is 21.6 Å². The first-order valence-corrected chi connectivity index (χ1v) is 12.8. The molecule has 0 aliphatic carbocycles. The van der Waals surface area contributed by atoms with E-state index >= 15 is 0 Å². The van der Waals surface area contributed by atoms with E-state index < -0.39 is 21.7 Å². The van der Waals surface area contributed by atoms with Gasteiger partial charge in [-0.15, -0.1) is 11.3 Å². The lowest BCUT2D eigenvalue weighted by Gasteiger charge is -2.09. The van der Waals surface area contributed by atoms with Crippen LogP contribution in [0.25, 0.3) is 26.7 Å². The van der Waals surface area contributed by atoms with Gasteiger partial charge in [-0.2, -0.15) is 18.3 Å². The Kier molecular flexibility index (Phi) is 6.34. The molecule has 4 rings (SSSR count). The summed E-state index contributed by atoms with van der Waals surface area (Å²) in [5, 5.41) is 4.23. The van der Waals surface area contributed by atoms with E-state index in [-0.39, 0.29) is 27.1 Å². The molecule has 11 heteroatoms. The van der Waals surface area contributed by atoms with Gasteiger partial charge < -0.3 is 0 Å².